The van der Waals surface area contributed by atoms with Crippen LogP contribution >= 0.6 is 0 Å². The molecule has 0 spiro atoms. The van der Waals surface area contributed by atoms with Gasteiger partial charge in [-0.3, -0.25) is 0 Å². The third kappa shape index (κ3) is 5.29. The van der Waals surface area contributed by atoms with Gasteiger partial charge >= 0.3 is 0 Å². The summed E-state index contributed by atoms with van der Waals surface area (Å²) in [5.74, 6) is -0.000852. The van der Waals surface area contributed by atoms with Crippen molar-refractivity contribution in [2.24, 2.45) is 0 Å². The number of hydrogen-bond donors (Lipinski definition) is 1. The van der Waals surface area contributed by atoms with Gasteiger partial charge in [0.25, 0.3) is 0 Å². The van der Waals surface area contributed by atoms with Gasteiger partial charge in [0.15, 0.2) is 0 Å². The summed E-state index contributed by atoms with van der Waals surface area (Å²) in [7, 11) is -3.35. The summed E-state index contributed by atoms with van der Waals surface area (Å²) < 4.78 is 32.5. The van der Waals surface area contributed by atoms with Crippen LogP contribution in [0.1, 0.15) is 16.7 Å². The molecule has 25 heavy (non-hydrogen) atoms. The van der Waals surface area contributed by atoms with Gasteiger partial charge in [0.2, 0.25) is 10.0 Å². The highest BCUT2D eigenvalue weighted by atomic mass is 32.2. The molecule has 3 rings (SSSR count). The van der Waals surface area contributed by atoms with E-state index in [9.17, 15) is 8.42 Å². The van der Waals surface area contributed by atoms with Crippen molar-refractivity contribution in [2.45, 2.75) is 19.2 Å². The van der Waals surface area contributed by atoms with Gasteiger partial charge in [-0.15, -0.1) is 0 Å². The molecule has 0 bridgehead atoms. The molecule has 1 aliphatic rings. The maximum atomic E-state index is 12.2. The monoisotopic (exact) mass is 360 g/mol. The molecule has 134 valence electrons. The van der Waals surface area contributed by atoms with Crippen LogP contribution in [0.3, 0.4) is 0 Å². The van der Waals surface area contributed by atoms with E-state index in [0.29, 0.717) is 6.54 Å². The predicted molar refractivity (Wildman–Crippen MR) is 100 cm³/mol. The Bertz CT molecular complexity index is 780. The second-order valence-corrected chi connectivity index (χ2v) is 8.14. The Morgan fingerprint density at radius 3 is 2.20 bits per heavy atom. The smallest absolute Gasteiger partial charge is 0.216 e. The first kappa shape index (κ1) is 17.9. The molecule has 1 N–H and O–H groups in total. The van der Waals surface area contributed by atoms with E-state index in [1.807, 2.05) is 55.5 Å². The van der Waals surface area contributed by atoms with Crippen molar-refractivity contribution < 1.29 is 13.2 Å². The summed E-state index contributed by atoms with van der Waals surface area (Å²) >= 11 is 0. The van der Waals surface area contributed by atoms with Crippen LogP contribution in [0, 0.1) is 6.92 Å². The van der Waals surface area contributed by atoms with Gasteiger partial charge in [0.05, 0.1) is 19.0 Å². The van der Waals surface area contributed by atoms with Crippen LogP contribution in [-0.4, -0.2) is 34.7 Å². The lowest BCUT2D eigenvalue weighted by molar-refractivity contribution is 0.122. The topological polar surface area (TPSA) is 58.6 Å². The fourth-order valence-corrected chi connectivity index (χ4v) is 3.91. The largest absolute Gasteiger partial charge is 0.378 e. The standard InChI is InChI=1S/C19H24N2O3S/c1-16-2-4-18(5-3-16)15-25(22,23)20-14-17-6-8-19(9-7-17)21-10-12-24-13-11-21/h2-9,20H,10-15H2,1H3. The summed E-state index contributed by atoms with van der Waals surface area (Å²) in [6.07, 6.45) is 0. The summed E-state index contributed by atoms with van der Waals surface area (Å²) in [6, 6.07) is 15.6. The van der Waals surface area contributed by atoms with Crippen LogP contribution in [0.4, 0.5) is 5.69 Å². The van der Waals surface area contributed by atoms with E-state index in [0.717, 1.165) is 48.7 Å². The lowest BCUT2D eigenvalue weighted by Crippen LogP contribution is -2.36. The molecule has 1 aliphatic heterocycles. The first-order valence-corrected chi connectivity index (χ1v) is 10.1. The number of anilines is 1. The fourth-order valence-electron chi connectivity index (χ4n) is 2.79. The zero-order valence-electron chi connectivity index (χ0n) is 14.4. The van der Waals surface area contributed by atoms with Crippen molar-refractivity contribution in [3.05, 3.63) is 65.2 Å². The molecule has 2 aromatic carbocycles. The Balaban J connectivity index is 1.55. The highest BCUT2D eigenvalue weighted by molar-refractivity contribution is 7.88. The lowest BCUT2D eigenvalue weighted by atomic mass is 10.2. The zero-order chi connectivity index (χ0) is 17.7. The van der Waals surface area contributed by atoms with Crippen molar-refractivity contribution in [1.82, 2.24) is 4.72 Å². The molecule has 0 aliphatic carbocycles. The summed E-state index contributed by atoms with van der Waals surface area (Å²) in [4.78, 5) is 2.27. The van der Waals surface area contributed by atoms with E-state index in [2.05, 4.69) is 9.62 Å². The van der Waals surface area contributed by atoms with Crippen molar-refractivity contribution in [2.75, 3.05) is 31.2 Å². The minimum atomic E-state index is -3.35. The van der Waals surface area contributed by atoms with Crippen LogP contribution in [0.2, 0.25) is 0 Å². The first-order chi connectivity index (χ1) is 12.0. The van der Waals surface area contributed by atoms with E-state index in [1.54, 1.807) is 0 Å². The Hall–Kier alpha value is -1.89. The molecule has 2 aromatic rings. The maximum absolute atomic E-state index is 12.2. The average molecular weight is 360 g/mol. The third-order valence-electron chi connectivity index (χ3n) is 4.29. The second-order valence-electron chi connectivity index (χ2n) is 6.33. The van der Waals surface area contributed by atoms with Crippen molar-refractivity contribution in [3.8, 4) is 0 Å². The fraction of sp³-hybridized carbons (Fsp3) is 0.368. The van der Waals surface area contributed by atoms with Gasteiger partial charge in [0, 0.05) is 25.3 Å². The van der Waals surface area contributed by atoms with Crippen molar-refractivity contribution >= 4 is 15.7 Å². The highest BCUT2D eigenvalue weighted by Gasteiger charge is 2.13. The maximum Gasteiger partial charge on any atom is 0.216 e. The van der Waals surface area contributed by atoms with Crippen LogP contribution in [-0.2, 0) is 27.1 Å². The van der Waals surface area contributed by atoms with E-state index in [-0.39, 0.29) is 5.75 Å². The van der Waals surface area contributed by atoms with Gasteiger partial charge < -0.3 is 9.64 Å². The molecule has 5 nitrogen and oxygen atoms in total. The minimum absolute atomic E-state index is 0.000852. The normalized spacial score (nSPS) is 15.3. The van der Waals surface area contributed by atoms with Gasteiger partial charge in [-0.05, 0) is 30.2 Å². The van der Waals surface area contributed by atoms with Crippen LogP contribution in [0.15, 0.2) is 48.5 Å². The Morgan fingerprint density at radius 1 is 0.960 bits per heavy atom. The number of rotatable bonds is 6. The Morgan fingerprint density at radius 2 is 1.56 bits per heavy atom. The molecule has 0 radical (unpaired) electrons. The molecule has 0 saturated carbocycles. The summed E-state index contributed by atoms with van der Waals surface area (Å²) in [5, 5.41) is 0. The molecule has 1 saturated heterocycles. The van der Waals surface area contributed by atoms with Crippen molar-refractivity contribution in [1.29, 1.82) is 0 Å². The lowest BCUT2D eigenvalue weighted by Gasteiger charge is -2.28. The Labute approximate surface area is 149 Å². The van der Waals surface area contributed by atoms with E-state index in [4.69, 9.17) is 4.74 Å². The Kier molecular flexibility index (Phi) is 5.73. The SMILES string of the molecule is Cc1ccc(CS(=O)(=O)NCc2ccc(N3CCOCC3)cc2)cc1. The van der Waals surface area contributed by atoms with E-state index < -0.39 is 10.0 Å². The number of hydrogen-bond acceptors (Lipinski definition) is 4. The molecule has 0 unspecified atom stereocenters. The first-order valence-electron chi connectivity index (χ1n) is 8.46. The summed E-state index contributed by atoms with van der Waals surface area (Å²) in [5.41, 5.74) is 4.01. The van der Waals surface area contributed by atoms with Gasteiger partial charge in [-0.2, -0.15) is 0 Å². The molecule has 0 atom stereocenters. The van der Waals surface area contributed by atoms with Gasteiger partial charge in [-0.25, -0.2) is 13.1 Å². The molecule has 1 fully saturated rings. The predicted octanol–water partition coefficient (Wildman–Crippen LogP) is 2.45. The van der Waals surface area contributed by atoms with Crippen LogP contribution < -0.4 is 9.62 Å². The second kappa shape index (κ2) is 7.99. The molecular formula is C19H24N2O3S. The molecule has 0 amide bonds. The quantitative estimate of drug-likeness (QED) is 0.860. The number of aryl methyl sites for hydroxylation is 1. The number of nitrogens with one attached hydrogen (secondary N) is 1. The minimum Gasteiger partial charge on any atom is -0.378 e. The molecule has 0 aromatic heterocycles. The molecule has 6 heteroatoms. The molecular weight excluding hydrogens is 336 g/mol. The van der Waals surface area contributed by atoms with E-state index >= 15 is 0 Å². The average Bonchev–Trinajstić information content (AvgIpc) is 2.63. The third-order valence-corrected chi connectivity index (χ3v) is 5.58. The van der Waals surface area contributed by atoms with Crippen LogP contribution in [0.25, 0.3) is 0 Å². The number of ether oxygens (including phenoxy) is 1. The number of morpholine rings is 1. The van der Waals surface area contributed by atoms with Crippen LogP contribution in [0.5, 0.6) is 0 Å². The van der Waals surface area contributed by atoms with Gasteiger partial charge in [-0.1, -0.05) is 42.0 Å². The molecule has 1 heterocycles. The number of nitrogens with zero attached hydrogens (tertiary/aromatic N) is 1. The zero-order valence-corrected chi connectivity index (χ0v) is 15.3. The summed E-state index contributed by atoms with van der Waals surface area (Å²) in [6.45, 7) is 5.57. The highest BCUT2D eigenvalue weighted by Crippen LogP contribution is 2.17. The van der Waals surface area contributed by atoms with Gasteiger partial charge in [0.1, 0.15) is 0 Å². The van der Waals surface area contributed by atoms with Crippen molar-refractivity contribution in [3.63, 3.8) is 0 Å². The van der Waals surface area contributed by atoms with E-state index in [1.165, 1.54) is 0 Å². The number of benzene rings is 2. The number of sulfonamides is 1.